The molecule has 0 aromatic carbocycles. The molecule has 0 aromatic heterocycles. The Labute approximate surface area is 62.0 Å². The van der Waals surface area contributed by atoms with E-state index in [-0.39, 0.29) is 0 Å². The van der Waals surface area contributed by atoms with Crippen LogP contribution in [0.3, 0.4) is 0 Å². The summed E-state index contributed by atoms with van der Waals surface area (Å²) in [7, 11) is 3.91. The third-order valence-corrected chi connectivity index (χ3v) is 2.03. The summed E-state index contributed by atoms with van der Waals surface area (Å²) in [5.41, 5.74) is -0.469. The predicted molar refractivity (Wildman–Crippen MR) is 41.0 cm³/mol. The third kappa shape index (κ3) is 1.68. The molecule has 1 saturated heterocycles. The van der Waals surface area contributed by atoms with Gasteiger partial charge in [0.15, 0.2) is 0 Å². The van der Waals surface area contributed by atoms with E-state index in [4.69, 9.17) is 0 Å². The lowest BCUT2D eigenvalue weighted by atomic mass is 10.0. The Morgan fingerprint density at radius 1 is 1.70 bits per heavy atom. The second-order valence-corrected chi connectivity index (χ2v) is 3.24. The minimum absolute atomic E-state index is 0.469. The largest absolute Gasteiger partial charge is 0.387 e. The van der Waals surface area contributed by atoms with Crippen LogP contribution in [0.4, 0.5) is 0 Å². The summed E-state index contributed by atoms with van der Waals surface area (Å²) in [4.78, 5) is 2.15. The van der Waals surface area contributed by atoms with Gasteiger partial charge in [-0.15, -0.1) is 0 Å². The van der Waals surface area contributed by atoms with Gasteiger partial charge in [-0.3, -0.25) is 0 Å². The van der Waals surface area contributed by atoms with E-state index < -0.39 is 5.60 Å². The van der Waals surface area contributed by atoms with Crippen LogP contribution in [0.2, 0.25) is 0 Å². The van der Waals surface area contributed by atoms with Crippen molar-refractivity contribution in [3.05, 3.63) is 0 Å². The molecule has 0 amide bonds. The highest BCUT2D eigenvalue weighted by Crippen LogP contribution is 2.18. The minimum atomic E-state index is -0.469. The fourth-order valence-corrected chi connectivity index (χ4v) is 1.53. The maximum atomic E-state index is 9.76. The lowest BCUT2D eigenvalue weighted by molar-refractivity contribution is 0.0539. The number of aliphatic hydroxyl groups is 1. The number of nitrogens with zero attached hydrogens (tertiary/aromatic N) is 1. The van der Waals surface area contributed by atoms with Gasteiger partial charge in [0.2, 0.25) is 0 Å². The van der Waals surface area contributed by atoms with Gasteiger partial charge in [-0.25, -0.2) is 0 Å². The first-order chi connectivity index (χ1) is 4.66. The quantitative estimate of drug-likeness (QED) is 0.536. The van der Waals surface area contributed by atoms with E-state index in [9.17, 15) is 5.11 Å². The molecule has 3 heteroatoms. The highest BCUT2D eigenvalue weighted by Gasteiger charge is 2.33. The number of likely N-dealkylation sites (N-methyl/N-ethyl adjacent to an activating group) is 2. The van der Waals surface area contributed by atoms with Crippen LogP contribution in [-0.2, 0) is 0 Å². The van der Waals surface area contributed by atoms with Gasteiger partial charge in [0.05, 0.1) is 5.60 Å². The number of hydrogen-bond donors (Lipinski definition) is 2. The lowest BCUT2D eigenvalue weighted by Crippen LogP contribution is -2.41. The number of nitrogens with one attached hydrogen (secondary N) is 1. The van der Waals surface area contributed by atoms with Gasteiger partial charge < -0.3 is 15.3 Å². The molecule has 0 aliphatic carbocycles. The predicted octanol–water partition coefficient (Wildman–Crippen LogP) is -0.728. The monoisotopic (exact) mass is 144 g/mol. The first kappa shape index (κ1) is 7.98. The third-order valence-electron chi connectivity index (χ3n) is 2.03. The van der Waals surface area contributed by atoms with Crippen molar-refractivity contribution in [3.63, 3.8) is 0 Å². The van der Waals surface area contributed by atoms with Crippen LogP contribution < -0.4 is 5.32 Å². The molecule has 0 spiro atoms. The van der Waals surface area contributed by atoms with Gasteiger partial charge in [0.1, 0.15) is 0 Å². The number of likely N-dealkylation sites (tertiary alicyclic amines) is 1. The van der Waals surface area contributed by atoms with Crippen molar-refractivity contribution in [1.29, 1.82) is 0 Å². The molecule has 0 radical (unpaired) electrons. The average Bonchev–Trinajstić information content (AvgIpc) is 2.12. The summed E-state index contributed by atoms with van der Waals surface area (Å²) in [5, 5.41) is 12.8. The van der Waals surface area contributed by atoms with Crippen molar-refractivity contribution in [3.8, 4) is 0 Å². The zero-order chi connectivity index (χ0) is 7.61. The molecule has 3 nitrogen and oxygen atoms in total. The standard InChI is InChI=1S/C7H16N2O/c1-8-5-7(10)3-4-9(2)6-7/h8,10H,3-6H2,1-2H3. The molecule has 0 bridgehead atoms. The first-order valence-corrected chi connectivity index (χ1v) is 3.72. The van der Waals surface area contributed by atoms with E-state index in [2.05, 4.69) is 10.2 Å². The van der Waals surface area contributed by atoms with Crippen molar-refractivity contribution in [1.82, 2.24) is 10.2 Å². The van der Waals surface area contributed by atoms with Gasteiger partial charge in [-0.1, -0.05) is 0 Å². The summed E-state index contributed by atoms with van der Waals surface area (Å²) in [6.45, 7) is 2.52. The SMILES string of the molecule is CNCC1(O)CCN(C)C1. The topological polar surface area (TPSA) is 35.5 Å². The zero-order valence-corrected chi connectivity index (χ0v) is 6.72. The van der Waals surface area contributed by atoms with Crippen LogP contribution in [-0.4, -0.2) is 49.3 Å². The zero-order valence-electron chi connectivity index (χ0n) is 6.72. The summed E-state index contributed by atoms with van der Waals surface area (Å²) < 4.78 is 0. The van der Waals surface area contributed by atoms with Crippen LogP contribution >= 0.6 is 0 Å². The second kappa shape index (κ2) is 2.86. The molecule has 1 aliphatic heterocycles. The van der Waals surface area contributed by atoms with E-state index in [0.717, 1.165) is 19.5 Å². The van der Waals surface area contributed by atoms with Crippen molar-refractivity contribution in [2.75, 3.05) is 33.7 Å². The van der Waals surface area contributed by atoms with Crippen molar-refractivity contribution in [2.45, 2.75) is 12.0 Å². The molecule has 10 heavy (non-hydrogen) atoms. The van der Waals surface area contributed by atoms with Crippen LogP contribution in [0, 0.1) is 0 Å². The highest BCUT2D eigenvalue weighted by atomic mass is 16.3. The molecule has 0 aromatic rings. The molecule has 1 fully saturated rings. The van der Waals surface area contributed by atoms with E-state index in [1.165, 1.54) is 0 Å². The van der Waals surface area contributed by atoms with E-state index >= 15 is 0 Å². The minimum Gasteiger partial charge on any atom is -0.387 e. The molecule has 0 saturated carbocycles. The number of hydrogen-bond acceptors (Lipinski definition) is 3. The molecular weight excluding hydrogens is 128 g/mol. The van der Waals surface area contributed by atoms with Crippen LogP contribution in [0.25, 0.3) is 0 Å². The number of β-amino-alcohol motifs (C(OH)–C–C–N with tert-alkyl or cyclic N) is 1. The van der Waals surface area contributed by atoms with Gasteiger partial charge >= 0.3 is 0 Å². The maximum absolute atomic E-state index is 9.76. The van der Waals surface area contributed by atoms with Crippen LogP contribution in [0.15, 0.2) is 0 Å². The summed E-state index contributed by atoms with van der Waals surface area (Å²) >= 11 is 0. The first-order valence-electron chi connectivity index (χ1n) is 3.72. The van der Waals surface area contributed by atoms with Gasteiger partial charge in [0, 0.05) is 19.6 Å². The van der Waals surface area contributed by atoms with Crippen LogP contribution in [0.5, 0.6) is 0 Å². The molecule has 1 unspecified atom stereocenters. The average molecular weight is 144 g/mol. The molecule has 1 rings (SSSR count). The summed E-state index contributed by atoms with van der Waals surface area (Å²) in [6, 6.07) is 0. The molecule has 1 atom stereocenters. The highest BCUT2D eigenvalue weighted by molar-refractivity contribution is 4.89. The fourth-order valence-electron chi connectivity index (χ4n) is 1.53. The number of rotatable bonds is 2. The normalized spacial score (nSPS) is 35.1. The van der Waals surface area contributed by atoms with Crippen LogP contribution in [0.1, 0.15) is 6.42 Å². The van der Waals surface area contributed by atoms with E-state index in [0.29, 0.717) is 6.54 Å². The van der Waals surface area contributed by atoms with E-state index in [1.54, 1.807) is 0 Å². The van der Waals surface area contributed by atoms with Crippen molar-refractivity contribution < 1.29 is 5.11 Å². The van der Waals surface area contributed by atoms with Crippen molar-refractivity contribution >= 4 is 0 Å². The van der Waals surface area contributed by atoms with Gasteiger partial charge in [-0.2, -0.15) is 0 Å². The Bertz CT molecular complexity index is 114. The molecule has 1 heterocycles. The summed E-state index contributed by atoms with van der Waals surface area (Å²) in [5.74, 6) is 0. The Balaban J connectivity index is 2.38. The fraction of sp³-hybridized carbons (Fsp3) is 1.00. The van der Waals surface area contributed by atoms with Gasteiger partial charge in [-0.05, 0) is 20.5 Å². The second-order valence-electron chi connectivity index (χ2n) is 3.24. The molecule has 60 valence electrons. The van der Waals surface area contributed by atoms with Crippen molar-refractivity contribution in [2.24, 2.45) is 0 Å². The Morgan fingerprint density at radius 2 is 2.40 bits per heavy atom. The Morgan fingerprint density at radius 3 is 2.80 bits per heavy atom. The molecule has 2 N–H and O–H groups in total. The Kier molecular flexibility index (Phi) is 2.28. The molecule has 1 aliphatic rings. The Hall–Kier alpha value is -0.120. The van der Waals surface area contributed by atoms with E-state index in [1.807, 2.05) is 14.1 Å². The van der Waals surface area contributed by atoms with Gasteiger partial charge in [0.25, 0.3) is 0 Å². The molecular formula is C7H16N2O. The lowest BCUT2D eigenvalue weighted by Gasteiger charge is -2.21. The summed E-state index contributed by atoms with van der Waals surface area (Å²) in [6.07, 6.45) is 0.893. The maximum Gasteiger partial charge on any atom is 0.0909 e. The smallest absolute Gasteiger partial charge is 0.0909 e.